The standard InChI is InChI=1S/C13H10ClN3O3S3/c14-10-7(16-4-5-22-12(16)15-10)6-8-11(20)17(13(21)23-8)3-1-2-9(18)19/h4-6H,1-3H2,(H,18,19)/b8-6+. The molecule has 0 aliphatic carbocycles. The molecule has 120 valence electrons. The molecule has 2 aromatic rings. The summed E-state index contributed by atoms with van der Waals surface area (Å²) in [4.78, 5) is 29.9. The summed E-state index contributed by atoms with van der Waals surface area (Å²) in [6, 6.07) is 0. The largest absolute Gasteiger partial charge is 0.481 e. The molecule has 2 aromatic heterocycles. The van der Waals surface area contributed by atoms with Crippen LogP contribution < -0.4 is 0 Å². The second-order valence-electron chi connectivity index (χ2n) is 4.67. The van der Waals surface area contributed by atoms with E-state index in [4.69, 9.17) is 28.9 Å². The Morgan fingerprint density at radius 3 is 3.04 bits per heavy atom. The van der Waals surface area contributed by atoms with Crippen LogP contribution in [0.1, 0.15) is 18.5 Å². The molecular weight excluding hydrogens is 378 g/mol. The van der Waals surface area contributed by atoms with E-state index in [1.165, 1.54) is 28.0 Å². The average molecular weight is 388 g/mol. The van der Waals surface area contributed by atoms with Gasteiger partial charge in [0.25, 0.3) is 5.91 Å². The van der Waals surface area contributed by atoms with Crippen molar-refractivity contribution in [2.24, 2.45) is 0 Å². The maximum Gasteiger partial charge on any atom is 0.303 e. The van der Waals surface area contributed by atoms with E-state index in [0.29, 0.717) is 33.0 Å². The molecule has 0 saturated carbocycles. The van der Waals surface area contributed by atoms with Gasteiger partial charge in [-0.05, 0) is 12.5 Å². The molecule has 0 atom stereocenters. The Bertz CT molecular complexity index is 842. The summed E-state index contributed by atoms with van der Waals surface area (Å²) in [6.45, 7) is 0.294. The van der Waals surface area contributed by atoms with Gasteiger partial charge in [-0.25, -0.2) is 4.98 Å². The lowest BCUT2D eigenvalue weighted by atomic mass is 10.3. The third-order valence-electron chi connectivity index (χ3n) is 3.17. The first-order valence-electron chi connectivity index (χ1n) is 6.55. The molecule has 1 aliphatic heterocycles. The van der Waals surface area contributed by atoms with E-state index in [-0.39, 0.29) is 12.3 Å². The van der Waals surface area contributed by atoms with Crippen molar-refractivity contribution in [3.05, 3.63) is 27.3 Å². The van der Waals surface area contributed by atoms with Gasteiger partial charge in [0.2, 0.25) is 0 Å². The molecule has 0 unspecified atom stereocenters. The van der Waals surface area contributed by atoms with Gasteiger partial charge in [0.05, 0.1) is 10.6 Å². The van der Waals surface area contributed by atoms with Crippen molar-refractivity contribution >= 4 is 74.2 Å². The molecule has 23 heavy (non-hydrogen) atoms. The summed E-state index contributed by atoms with van der Waals surface area (Å²) in [5, 5.41) is 10.9. The number of hydrogen-bond donors (Lipinski definition) is 1. The van der Waals surface area contributed by atoms with Crippen LogP contribution in [-0.2, 0) is 9.59 Å². The number of thioether (sulfide) groups is 1. The van der Waals surface area contributed by atoms with E-state index < -0.39 is 5.97 Å². The fourth-order valence-corrected chi connectivity index (χ4v) is 4.39. The first kappa shape index (κ1) is 16.4. The van der Waals surface area contributed by atoms with Gasteiger partial charge < -0.3 is 5.11 Å². The molecule has 1 aliphatic rings. The van der Waals surface area contributed by atoms with Crippen LogP contribution in [0.5, 0.6) is 0 Å². The lowest BCUT2D eigenvalue weighted by Crippen LogP contribution is -2.29. The van der Waals surface area contributed by atoms with E-state index in [9.17, 15) is 9.59 Å². The number of amides is 1. The van der Waals surface area contributed by atoms with Crippen LogP contribution in [0.25, 0.3) is 11.0 Å². The van der Waals surface area contributed by atoms with Crippen LogP contribution in [0.15, 0.2) is 16.5 Å². The summed E-state index contributed by atoms with van der Waals surface area (Å²) in [5.41, 5.74) is 0.633. The number of aromatic nitrogens is 2. The fourth-order valence-electron chi connectivity index (χ4n) is 2.11. The smallest absolute Gasteiger partial charge is 0.303 e. The first-order valence-corrected chi connectivity index (χ1v) is 9.04. The highest BCUT2D eigenvalue weighted by Gasteiger charge is 2.32. The number of carbonyl (C=O) groups excluding carboxylic acids is 1. The number of imidazole rings is 1. The zero-order chi connectivity index (χ0) is 16.6. The minimum Gasteiger partial charge on any atom is -0.481 e. The quantitative estimate of drug-likeness (QED) is 0.627. The zero-order valence-electron chi connectivity index (χ0n) is 11.6. The number of rotatable bonds is 5. The fraction of sp³-hybridized carbons (Fsp3) is 0.231. The minimum absolute atomic E-state index is 0.0000835. The number of halogens is 1. The molecule has 1 fully saturated rings. The molecule has 0 radical (unpaired) electrons. The summed E-state index contributed by atoms with van der Waals surface area (Å²) >= 11 is 14.0. The van der Waals surface area contributed by atoms with Crippen molar-refractivity contribution in [1.82, 2.24) is 14.3 Å². The maximum absolute atomic E-state index is 12.4. The number of thiazole rings is 1. The van der Waals surface area contributed by atoms with E-state index in [2.05, 4.69) is 4.98 Å². The second kappa shape index (κ2) is 6.60. The molecule has 10 heteroatoms. The Labute approximate surface area is 149 Å². The monoisotopic (exact) mass is 387 g/mol. The highest BCUT2D eigenvalue weighted by atomic mass is 35.5. The number of thiocarbonyl (C=S) groups is 1. The average Bonchev–Trinajstić information content (AvgIpc) is 3.11. The number of nitrogens with zero attached hydrogens (tertiary/aromatic N) is 3. The molecule has 6 nitrogen and oxygen atoms in total. The Morgan fingerprint density at radius 2 is 2.30 bits per heavy atom. The molecule has 0 spiro atoms. The normalized spacial score (nSPS) is 16.9. The van der Waals surface area contributed by atoms with Gasteiger partial charge in [-0.15, -0.1) is 11.3 Å². The molecule has 1 amide bonds. The van der Waals surface area contributed by atoms with Crippen LogP contribution >= 0.6 is 46.9 Å². The summed E-state index contributed by atoms with van der Waals surface area (Å²) in [6.07, 6.45) is 3.86. The predicted molar refractivity (Wildman–Crippen MR) is 94.8 cm³/mol. The van der Waals surface area contributed by atoms with Gasteiger partial charge in [-0.2, -0.15) is 0 Å². The van der Waals surface area contributed by atoms with Crippen LogP contribution in [0, 0.1) is 0 Å². The van der Waals surface area contributed by atoms with E-state index >= 15 is 0 Å². The molecule has 0 bridgehead atoms. The van der Waals surface area contributed by atoms with Crippen molar-refractivity contribution in [2.75, 3.05) is 6.54 Å². The Morgan fingerprint density at radius 1 is 1.52 bits per heavy atom. The lowest BCUT2D eigenvalue weighted by Gasteiger charge is -2.13. The van der Waals surface area contributed by atoms with E-state index in [1.807, 2.05) is 16.0 Å². The number of carboxylic acids is 1. The van der Waals surface area contributed by atoms with Crippen LogP contribution in [-0.4, -0.2) is 42.1 Å². The van der Waals surface area contributed by atoms with Crippen LogP contribution in [0.3, 0.4) is 0 Å². The molecule has 0 aromatic carbocycles. The Kier molecular flexibility index (Phi) is 4.72. The van der Waals surface area contributed by atoms with Gasteiger partial charge in [0.15, 0.2) is 10.1 Å². The summed E-state index contributed by atoms with van der Waals surface area (Å²) < 4.78 is 2.23. The number of hydrogen-bond acceptors (Lipinski definition) is 6. The highest BCUT2D eigenvalue weighted by Crippen LogP contribution is 2.34. The van der Waals surface area contributed by atoms with E-state index in [1.54, 1.807) is 6.08 Å². The number of fused-ring (bicyclic) bond motifs is 1. The lowest BCUT2D eigenvalue weighted by molar-refractivity contribution is -0.137. The molecule has 3 rings (SSSR count). The molecule has 1 N–H and O–H groups in total. The van der Waals surface area contributed by atoms with Crippen LogP contribution in [0.4, 0.5) is 0 Å². The van der Waals surface area contributed by atoms with Gasteiger partial charge >= 0.3 is 5.97 Å². The molecule has 3 heterocycles. The number of carboxylic acid groups (broad SMARTS) is 1. The zero-order valence-corrected chi connectivity index (χ0v) is 14.8. The Balaban J connectivity index is 1.82. The predicted octanol–water partition coefficient (Wildman–Crippen LogP) is 3.12. The summed E-state index contributed by atoms with van der Waals surface area (Å²) in [5.74, 6) is -1.12. The van der Waals surface area contributed by atoms with Gasteiger partial charge in [0.1, 0.15) is 4.32 Å². The molecule has 1 saturated heterocycles. The SMILES string of the molecule is O=C(O)CCCN1C(=O)/C(=C\c2c(Cl)nc3sccn23)SC1=S. The maximum atomic E-state index is 12.4. The first-order chi connectivity index (χ1) is 11.0. The number of aliphatic carboxylic acids is 1. The van der Waals surface area contributed by atoms with Gasteiger partial charge in [-0.3, -0.25) is 18.9 Å². The number of carbonyl (C=O) groups is 2. The summed E-state index contributed by atoms with van der Waals surface area (Å²) in [7, 11) is 0. The van der Waals surface area contributed by atoms with Crippen LogP contribution in [0.2, 0.25) is 5.15 Å². The van der Waals surface area contributed by atoms with Crippen molar-refractivity contribution in [2.45, 2.75) is 12.8 Å². The third-order valence-corrected chi connectivity index (χ3v) is 5.58. The topological polar surface area (TPSA) is 74.9 Å². The molecular formula is C13H10ClN3O3S3. The van der Waals surface area contributed by atoms with Crippen molar-refractivity contribution in [3.63, 3.8) is 0 Å². The van der Waals surface area contributed by atoms with Crippen molar-refractivity contribution in [3.8, 4) is 0 Å². The second-order valence-corrected chi connectivity index (χ2v) is 7.58. The van der Waals surface area contributed by atoms with Crippen molar-refractivity contribution < 1.29 is 14.7 Å². The van der Waals surface area contributed by atoms with Gasteiger partial charge in [0, 0.05) is 24.5 Å². The van der Waals surface area contributed by atoms with Crippen molar-refractivity contribution in [1.29, 1.82) is 0 Å². The Hall–Kier alpha value is -1.42. The highest BCUT2D eigenvalue weighted by molar-refractivity contribution is 8.26. The van der Waals surface area contributed by atoms with Gasteiger partial charge in [-0.1, -0.05) is 35.6 Å². The third kappa shape index (κ3) is 3.27. The minimum atomic E-state index is -0.892. The van der Waals surface area contributed by atoms with E-state index in [0.717, 1.165) is 4.96 Å².